The van der Waals surface area contributed by atoms with E-state index < -0.39 is 5.97 Å². The van der Waals surface area contributed by atoms with Gasteiger partial charge in [0.1, 0.15) is 15.7 Å². The molecule has 0 fully saturated rings. The third kappa shape index (κ3) is 3.45. The Morgan fingerprint density at radius 1 is 1.47 bits per heavy atom. The van der Waals surface area contributed by atoms with Gasteiger partial charge in [0.05, 0.1) is 0 Å². The fourth-order valence-electron chi connectivity index (χ4n) is 1.38. The fraction of sp³-hybridized carbons (Fsp3) is 0.250. The van der Waals surface area contributed by atoms with Gasteiger partial charge in [-0.25, -0.2) is 9.78 Å². The highest BCUT2D eigenvalue weighted by Crippen LogP contribution is 2.30. The number of aromatic carboxylic acids is 1. The van der Waals surface area contributed by atoms with Gasteiger partial charge in [-0.3, -0.25) is 4.79 Å². The van der Waals surface area contributed by atoms with Gasteiger partial charge in [-0.2, -0.15) is 0 Å². The number of carbonyl (C=O) groups is 1. The molecule has 0 aliphatic heterocycles. The Morgan fingerprint density at radius 3 is 2.79 bits per heavy atom. The van der Waals surface area contributed by atoms with Gasteiger partial charge >= 0.3 is 5.97 Å². The van der Waals surface area contributed by atoms with Crippen molar-refractivity contribution in [3.05, 3.63) is 38.6 Å². The summed E-state index contributed by atoms with van der Waals surface area (Å²) in [7, 11) is 0. The first kappa shape index (κ1) is 13.8. The number of rotatable bonds is 4. The van der Waals surface area contributed by atoms with E-state index in [-0.39, 0.29) is 16.4 Å². The number of nitrogens with zero attached hydrogens (tertiary/aromatic N) is 1. The van der Waals surface area contributed by atoms with E-state index in [1.807, 2.05) is 13.8 Å². The van der Waals surface area contributed by atoms with Crippen molar-refractivity contribution in [3.63, 3.8) is 0 Å². The van der Waals surface area contributed by atoms with E-state index in [1.54, 1.807) is 11.4 Å². The second-order valence-corrected chi connectivity index (χ2v) is 6.18. The van der Waals surface area contributed by atoms with Gasteiger partial charge in [-0.15, -0.1) is 11.3 Å². The first-order valence-corrected chi connectivity index (χ1v) is 7.26. The van der Waals surface area contributed by atoms with Gasteiger partial charge in [0.15, 0.2) is 0 Å². The minimum atomic E-state index is -0.946. The first-order valence-electron chi connectivity index (χ1n) is 5.56. The summed E-state index contributed by atoms with van der Waals surface area (Å²) in [5.41, 5.74) is -0.199. The van der Waals surface area contributed by atoms with Crippen LogP contribution in [-0.2, 0) is 0 Å². The van der Waals surface area contributed by atoms with Crippen molar-refractivity contribution in [1.29, 1.82) is 0 Å². The molecule has 0 aliphatic rings. The molecule has 100 valence electrons. The van der Waals surface area contributed by atoms with Crippen LogP contribution in [0.15, 0.2) is 32.2 Å². The summed E-state index contributed by atoms with van der Waals surface area (Å²) in [5.74, 6) is -0.187. The van der Waals surface area contributed by atoms with Crippen LogP contribution in [0.3, 0.4) is 0 Å². The molecule has 0 atom stereocenters. The average Bonchev–Trinajstić information content (AvgIpc) is 2.76. The molecule has 0 radical (unpaired) electrons. The number of aromatic amines is 1. The Kier molecular flexibility index (Phi) is 4.06. The molecule has 2 aromatic rings. The van der Waals surface area contributed by atoms with Crippen LogP contribution in [0.5, 0.6) is 0 Å². The lowest BCUT2D eigenvalue weighted by Crippen LogP contribution is -2.11. The molecule has 2 rings (SSSR count). The SMILES string of the molecule is CC(C)c1nc(Sc2csc(C(=O)O)c2)cc(=O)[nH]1. The van der Waals surface area contributed by atoms with E-state index in [9.17, 15) is 9.59 Å². The Morgan fingerprint density at radius 2 is 2.21 bits per heavy atom. The lowest BCUT2D eigenvalue weighted by molar-refractivity contribution is 0.0702. The van der Waals surface area contributed by atoms with Gasteiger partial charge in [-0.05, 0) is 6.07 Å². The summed E-state index contributed by atoms with van der Waals surface area (Å²) in [6.45, 7) is 3.89. The van der Waals surface area contributed by atoms with E-state index in [1.165, 1.54) is 17.8 Å². The molecule has 2 heterocycles. The van der Waals surface area contributed by atoms with Crippen LogP contribution in [0.1, 0.15) is 35.3 Å². The molecule has 0 bridgehead atoms. The molecule has 0 aliphatic carbocycles. The lowest BCUT2D eigenvalue weighted by Gasteiger charge is -2.05. The van der Waals surface area contributed by atoms with Crippen molar-refractivity contribution in [3.8, 4) is 0 Å². The highest BCUT2D eigenvalue weighted by molar-refractivity contribution is 7.99. The molecule has 0 saturated heterocycles. The number of hydrogen-bond donors (Lipinski definition) is 2. The Balaban J connectivity index is 2.27. The largest absolute Gasteiger partial charge is 0.477 e. The number of nitrogens with one attached hydrogen (secondary N) is 1. The number of H-pyrrole nitrogens is 1. The zero-order chi connectivity index (χ0) is 14.0. The minimum Gasteiger partial charge on any atom is -0.477 e. The molecule has 0 saturated carbocycles. The van der Waals surface area contributed by atoms with Crippen LogP contribution in [-0.4, -0.2) is 21.0 Å². The van der Waals surface area contributed by atoms with Crippen LogP contribution >= 0.6 is 23.1 Å². The second-order valence-electron chi connectivity index (χ2n) is 4.18. The van der Waals surface area contributed by atoms with Gasteiger partial charge < -0.3 is 10.1 Å². The molecule has 0 unspecified atom stereocenters. The molecule has 0 spiro atoms. The van der Waals surface area contributed by atoms with Crippen LogP contribution in [0.4, 0.5) is 0 Å². The highest BCUT2D eigenvalue weighted by atomic mass is 32.2. The molecule has 19 heavy (non-hydrogen) atoms. The Bertz CT molecular complexity index is 661. The molecule has 0 aromatic carbocycles. The summed E-state index contributed by atoms with van der Waals surface area (Å²) < 4.78 is 0. The standard InChI is InChI=1S/C12H12N2O3S2/c1-6(2)11-13-9(15)4-10(14-11)19-7-3-8(12(16)17)18-5-7/h3-6H,1-2H3,(H,16,17)(H,13,14,15). The van der Waals surface area contributed by atoms with E-state index in [0.29, 0.717) is 10.9 Å². The van der Waals surface area contributed by atoms with Crippen molar-refractivity contribution in [2.24, 2.45) is 0 Å². The molecular weight excluding hydrogens is 284 g/mol. The van der Waals surface area contributed by atoms with Crippen LogP contribution in [0.25, 0.3) is 0 Å². The third-order valence-electron chi connectivity index (χ3n) is 2.29. The molecular formula is C12H12N2O3S2. The Labute approximate surface area is 117 Å². The summed E-state index contributed by atoms with van der Waals surface area (Å²) in [4.78, 5) is 30.4. The Hall–Kier alpha value is -1.60. The van der Waals surface area contributed by atoms with E-state index in [4.69, 9.17) is 5.11 Å². The van der Waals surface area contributed by atoms with Crippen molar-refractivity contribution in [2.45, 2.75) is 29.7 Å². The van der Waals surface area contributed by atoms with Gasteiger partial charge in [0.2, 0.25) is 0 Å². The summed E-state index contributed by atoms with van der Waals surface area (Å²) in [6.07, 6.45) is 0. The van der Waals surface area contributed by atoms with Crippen LogP contribution in [0, 0.1) is 0 Å². The van der Waals surface area contributed by atoms with E-state index >= 15 is 0 Å². The van der Waals surface area contributed by atoms with E-state index in [0.717, 1.165) is 16.2 Å². The van der Waals surface area contributed by atoms with Crippen molar-refractivity contribution >= 4 is 29.1 Å². The van der Waals surface area contributed by atoms with Gasteiger partial charge in [0, 0.05) is 22.3 Å². The number of carboxylic acid groups (broad SMARTS) is 1. The lowest BCUT2D eigenvalue weighted by atomic mass is 10.2. The molecule has 2 aromatic heterocycles. The van der Waals surface area contributed by atoms with Gasteiger partial charge in [-0.1, -0.05) is 25.6 Å². The molecule has 0 amide bonds. The maximum Gasteiger partial charge on any atom is 0.345 e. The smallest absolute Gasteiger partial charge is 0.345 e. The van der Waals surface area contributed by atoms with Crippen molar-refractivity contribution in [2.75, 3.05) is 0 Å². The van der Waals surface area contributed by atoms with E-state index in [2.05, 4.69) is 9.97 Å². The van der Waals surface area contributed by atoms with Crippen molar-refractivity contribution in [1.82, 2.24) is 9.97 Å². The zero-order valence-corrected chi connectivity index (χ0v) is 12.0. The third-order valence-corrected chi connectivity index (χ3v) is 4.25. The predicted molar refractivity (Wildman–Crippen MR) is 74.3 cm³/mol. The minimum absolute atomic E-state index is 0.130. The number of carboxylic acids is 1. The molecule has 5 nitrogen and oxygen atoms in total. The molecule has 7 heteroatoms. The zero-order valence-electron chi connectivity index (χ0n) is 10.3. The maximum atomic E-state index is 11.5. The highest BCUT2D eigenvalue weighted by Gasteiger charge is 2.10. The van der Waals surface area contributed by atoms with Gasteiger partial charge in [0.25, 0.3) is 5.56 Å². The summed E-state index contributed by atoms with van der Waals surface area (Å²) >= 11 is 2.45. The van der Waals surface area contributed by atoms with Crippen LogP contribution in [0.2, 0.25) is 0 Å². The van der Waals surface area contributed by atoms with Crippen LogP contribution < -0.4 is 5.56 Å². The number of hydrogen-bond acceptors (Lipinski definition) is 5. The molecule has 2 N–H and O–H groups in total. The van der Waals surface area contributed by atoms with Crippen molar-refractivity contribution < 1.29 is 9.90 Å². The normalized spacial score (nSPS) is 10.9. The number of thiophene rings is 1. The second kappa shape index (κ2) is 5.58. The monoisotopic (exact) mass is 296 g/mol. The average molecular weight is 296 g/mol. The summed E-state index contributed by atoms with van der Waals surface area (Å²) in [6, 6.07) is 2.99. The first-order chi connectivity index (χ1) is 8.95. The number of aromatic nitrogens is 2. The predicted octanol–water partition coefficient (Wildman–Crippen LogP) is 2.80. The maximum absolute atomic E-state index is 11.5. The fourth-order valence-corrected chi connectivity index (χ4v) is 3.13. The quantitative estimate of drug-likeness (QED) is 0.848. The topological polar surface area (TPSA) is 83.0 Å². The summed E-state index contributed by atoms with van der Waals surface area (Å²) in [5, 5.41) is 11.2.